The molecule has 116 valence electrons. The molecule has 0 heterocycles. The zero-order valence-corrected chi connectivity index (χ0v) is 13.2. The van der Waals surface area contributed by atoms with Crippen LogP contribution in [-0.4, -0.2) is 31.3 Å². The van der Waals surface area contributed by atoms with Gasteiger partial charge < -0.3 is 14.8 Å². The maximum Gasteiger partial charge on any atom is 0.414 e. The summed E-state index contributed by atoms with van der Waals surface area (Å²) in [5, 5.41) is 5.63. The zero-order valence-electron chi connectivity index (χ0n) is 13.2. The fourth-order valence-corrected chi connectivity index (χ4v) is 1.54. The van der Waals surface area contributed by atoms with Crippen molar-refractivity contribution >= 4 is 17.7 Å². The van der Waals surface area contributed by atoms with Crippen molar-refractivity contribution in [3.63, 3.8) is 0 Å². The summed E-state index contributed by atoms with van der Waals surface area (Å²) in [6, 6.07) is 7.38. The van der Waals surface area contributed by atoms with Gasteiger partial charge in [-0.3, -0.25) is 10.3 Å². The fourth-order valence-electron chi connectivity index (χ4n) is 1.54. The Morgan fingerprint density at radius 3 is 2.52 bits per heavy atom. The summed E-state index contributed by atoms with van der Waals surface area (Å²) in [5.41, 5.74) is 0.148. The van der Waals surface area contributed by atoms with Gasteiger partial charge in [-0.05, 0) is 39.8 Å². The van der Waals surface area contributed by atoms with Gasteiger partial charge in [0.05, 0.1) is 12.8 Å². The number of alkyl carbamates (subject to hydrolysis) is 1. The first kappa shape index (κ1) is 16.8. The molecule has 0 spiro atoms. The Hall–Kier alpha value is -2.24. The molecule has 1 aromatic carbocycles. The number of hydrogen-bond acceptors (Lipinski definition) is 4. The maximum atomic E-state index is 11.8. The van der Waals surface area contributed by atoms with Gasteiger partial charge in [-0.15, -0.1) is 0 Å². The van der Waals surface area contributed by atoms with Crippen molar-refractivity contribution < 1.29 is 14.3 Å². The zero-order chi connectivity index (χ0) is 15.9. The van der Waals surface area contributed by atoms with Crippen molar-refractivity contribution in [1.29, 1.82) is 0 Å². The Morgan fingerprint density at radius 2 is 1.95 bits per heavy atom. The Balaban J connectivity index is 2.79. The van der Waals surface area contributed by atoms with E-state index in [1.54, 1.807) is 27.9 Å². The third kappa shape index (κ3) is 6.16. The Kier molecular flexibility index (Phi) is 6.02. The minimum absolute atomic E-state index is 0.316. The SMILES string of the molecule is CCN=C(NC(=O)OC(C)(C)C)Nc1ccccc1OC. The summed E-state index contributed by atoms with van der Waals surface area (Å²) in [4.78, 5) is 16.0. The number of carbonyl (C=O) groups excluding carboxylic acids is 1. The Bertz CT molecular complexity index is 507. The van der Waals surface area contributed by atoms with Crippen LogP contribution in [0, 0.1) is 0 Å². The maximum absolute atomic E-state index is 11.8. The summed E-state index contributed by atoms with van der Waals surface area (Å²) in [5.74, 6) is 0.976. The largest absolute Gasteiger partial charge is 0.495 e. The molecular weight excluding hydrogens is 270 g/mol. The van der Waals surface area contributed by atoms with E-state index in [-0.39, 0.29) is 0 Å². The minimum Gasteiger partial charge on any atom is -0.495 e. The summed E-state index contributed by atoms with van der Waals surface area (Å²) in [6.07, 6.45) is -0.558. The standard InChI is InChI=1S/C15H23N3O3/c1-6-16-13(18-14(19)21-15(2,3)4)17-11-9-7-8-10-12(11)20-5/h7-10H,6H2,1-5H3,(H2,16,17,18,19). The van der Waals surface area contributed by atoms with Gasteiger partial charge in [-0.2, -0.15) is 0 Å². The molecule has 0 unspecified atom stereocenters. The first-order valence-electron chi connectivity index (χ1n) is 6.80. The number of ether oxygens (including phenoxy) is 2. The van der Waals surface area contributed by atoms with Gasteiger partial charge in [-0.25, -0.2) is 4.79 Å². The number of rotatable bonds is 3. The number of hydrogen-bond donors (Lipinski definition) is 2. The van der Waals surface area contributed by atoms with Gasteiger partial charge in [0.1, 0.15) is 11.4 Å². The molecule has 0 radical (unpaired) electrons. The van der Waals surface area contributed by atoms with Gasteiger partial charge in [-0.1, -0.05) is 12.1 Å². The highest BCUT2D eigenvalue weighted by Gasteiger charge is 2.17. The lowest BCUT2D eigenvalue weighted by atomic mass is 10.2. The van der Waals surface area contributed by atoms with Crippen LogP contribution in [0.15, 0.2) is 29.3 Å². The topological polar surface area (TPSA) is 72.0 Å². The van der Waals surface area contributed by atoms with E-state index in [2.05, 4.69) is 15.6 Å². The van der Waals surface area contributed by atoms with Crippen LogP contribution in [0.25, 0.3) is 0 Å². The molecule has 0 atom stereocenters. The molecule has 0 aliphatic rings. The summed E-state index contributed by atoms with van der Waals surface area (Å²) in [6.45, 7) is 7.80. The molecular formula is C15H23N3O3. The van der Waals surface area contributed by atoms with E-state index >= 15 is 0 Å². The van der Waals surface area contributed by atoms with Crippen LogP contribution in [0.4, 0.5) is 10.5 Å². The van der Waals surface area contributed by atoms with E-state index in [0.717, 1.165) is 0 Å². The highest BCUT2D eigenvalue weighted by atomic mass is 16.6. The van der Waals surface area contributed by atoms with Crippen LogP contribution in [0.1, 0.15) is 27.7 Å². The first-order chi connectivity index (χ1) is 9.85. The Labute approximate surface area is 125 Å². The summed E-state index contributed by atoms with van der Waals surface area (Å²) in [7, 11) is 1.58. The highest BCUT2D eigenvalue weighted by molar-refractivity contribution is 6.03. The second-order valence-corrected chi connectivity index (χ2v) is 5.28. The second-order valence-electron chi connectivity index (χ2n) is 5.28. The number of nitrogens with zero attached hydrogens (tertiary/aromatic N) is 1. The number of nitrogens with one attached hydrogen (secondary N) is 2. The van der Waals surface area contributed by atoms with E-state index in [1.807, 2.05) is 31.2 Å². The quantitative estimate of drug-likeness (QED) is 0.664. The number of guanidine groups is 1. The van der Waals surface area contributed by atoms with Crippen LogP contribution in [0.5, 0.6) is 5.75 Å². The third-order valence-electron chi connectivity index (χ3n) is 2.30. The van der Waals surface area contributed by atoms with E-state index in [1.165, 1.54) is 0 Å². The van der Waals surface area contributed by atoms with Crippen molar-refractivity contribution in [1.82, 2.24) is 5.32 Å². The lowest BCUT2D eigenvalue weighted by Crippen LogP contribution is -2.40. The molecule has 0 saturated carbocycles. The molecule has 0 bridgehead atoms. The molecule has 2 N–H and O–H groups in total. The minimum atomic E-state index is -0.564. The number of carbonyl (C=O) groups is 1. The molecule has 6 heteroatoms. The second kappa shape index (κ2) is 7.52. The molecule has 0 fully saturated rings. The molecule has 1 aromatic rings. The fraction of sp³-hybridized carbons (Fsp3) is 0.467. The van der Waals surface area contributed by atoms with Crippen molar-refractivity contribution in [2.75, 3.05) is 19.0 Å². The number of amides is 1. The average Bonchev–Trinajstić information content (AvgIpc) is 2.37. The van der Waals surface area contributed by atoms with Gasteiger partial charge in [0.15, 0.2) is 0 Å². The Morgan fingerprint density at radius 1 is 1.29 bits per heavy atom. The predicted octanol–water partition coefficient (Wildman–Crippen LogP) is 3.01. The number of anilines is 1. The number of benzene rings is 1. The number of methoxy groups -OCH3 is 1. The molecule has 0 aromatic heterocycles. The normalized spacial score (nSPS) is 11.8. The molecule has 21 heavy (non-hydrogen) atoms. The smallest absolute Gasteiger partial charge is 0.414 e. The third-order valence-corrected chi connectivity index (χ3v) is 2.30. The lowest BCUT2D eigenvalue weighted by Gasteiger charge is -2.20. The molecule has 1 rings (SSSR count). The van der Waals surface area contributed by atoms with Crippen molar-refractivity contribution in [2.45, 2.75) is 33.3 Å². The van der Waals surface area contributed by atoms with Crippen LogP contribution < -0.4 is 15.4 Å². The van der Waals surface area contributed by atoms with Crippen molar-refractivity contribution in [3.8, 4) is 5.75 Å². The number of para-hydroxylation sites is 2. The highest BCUT2D eigenvalue weighted by Crippen LogP contribution is 2.22. The van der Waals surface area contributed by atoms with E-state index in [4.69, 9.17) is 9.47 Å². The molecule has 6 nitrogen and oxygen atoms in total. The van der Waals surface area contributed by atoms with Gasteiger partial charge in [0, 0.05) is 6.54 Å². The van der Waals surface area contributed by atoms with Crippen molar-refractivity contribution in [2.24, 2.45) is 4.99 Å². The van der Waals surface area contributed by atoms with E-state index in [9.17, 15) is 4.79 Å². The van der Waals surface area contributed by atoms with Crippen molar-refractivity contribution in [3.05, 3.63) is 24.3 Å². The van der Waals surface area contributed by atoms with Gasteiger partial charge in [0.25, 0.3) is 0 Å². The van der Waals surface area contributed by atoms with Gasteiger partial charge >= 0.3 is 6.09 Å². The number of aliphatic imine (C=N–C) groups is 1. The first-order valence-corrected chi connectivity index (χ1v) is 6.80. The molecule has 0 saturated heterocycles. The van der Waals surface area contributed by atoms with Crippen LogP contribution >= 0.6 is 0 Å². The molecule has 0 aliphatic carbocycles. The molecule has 1 amide bonds. The summed E-state index contributed by atoms with van der Waals surface area (Å²) < 4.78 is 10.5. The summed E-state index contributed by atoms with van der Waals surface area (Å²) >= 11 is 0. The lowest BCUT2D eigenvalue weighted by molar-refractivity contribution is 0.0563. The van der Waals surface area contributed by atoms with Crippen LogP contribution in [0.2, 0.25) is 0 Å². The van der Waals surface area contributed by atoms with Crippen LogP contribution in [0.3, 0.4) is 0 Å². The average molecular weight is 293 g/mol. The molecule has 0 aliphatic heterocycles. The van der Waals surface area contributed by atoms with Gasteiger partial charge in [0.2, 0.25) is 5.96 Å². The predicted molar refractivity (Wildman–Crippen MR) is 84.0 cm³/mol. The van der Waals surface area contributed by atoms with Crippen LogP contribution in [-0.2, 0) is 4.74 Å². The monoisotopic (exact) mass is 293 g/mol. The van der Waals surface area contributed by atoms with E-state index in [0.29, 0.717) is 23.9 Å². The van der Waals surface area contributed by atoms with E-state index < -0.39 is 11.7 Å².